The number of nitrogens with one attached hydrogen (secondary N) is 1. The first-order chi connectivity index (χ1) is 14.0. The minimum absolute atomic E-state index is 0.0644. The summed E-state index contributed by atoms with van der Waals surface area (Å²) in [6, 6.07) is 7.79. The van der Waals surface area contributed by atoms with Gasteiger partial charge in [-0.3, -0.25) is 14.4 Å². The van der Waals surface area contributed by atoms with Gasteiger partial charge in [0.1, 0.15) is 5.82 Å². The van der Waals surface area contributed by atoms with Crippen LogP contribution in [0.1, 0.15) is 36.8 Å². The number of likely N-dealkylation sites (tertiary alicyclic amines) is 1. The molecular weight excluding hydrogens is 364 g/mol. The van der Waals surface area contributed by atoms with Crippen molar-refractivity contribution in [2.75, 3.05) is 11.9 Å². The quantitative estimate of drug-likeness (QED) is 0.699. The van der Waals surface area contributed by atoms with E-state index in [0.29, 0.717) is 0 Å². The molecule has 1 aliphatic heterocycles. The molecule has 0 saturated carbocycles. The Morgan fingerprint density at radius 1 is 1.24 bits per heavy atom. The van der Waals surface area contributed by atoms with Gasteiger partial charge in [0.05, 0.1) is 11.7 Å². The molecule has 7 heteroatoms. The summed E-state index contributed by atoms with van der Waals surface area (Å²) in [5.74, 6) is 1.000. The predicted octanol–water partition coefficient (Wildman–Crippen LogP) is 3.31. The Labute approximate surface area is 171 Å². The standard InChI is InChI=1S/C22H28N6O/c1-4-27-15-18(16(2)25-27)14-26-12-5-6-21(26)22(29)24-19-7-9-20(10-8-19)28-13-11-23-17(28)3/h7-11,13,15,21H,4-6,12,14H2,1-3H3,(H,24,29)/t21-/m0/s1. The van der Waals surface area contributed by atoms with E-state index in [4.69, 9.17) is 0 Å². The van der Waals surface area contributed by atoms with Crippen molar-refractivity contribution in [1.29, 1.82) is 0 Å². The van der Waals surface area contributed by atoms with Crippen molar-refractivity contribution in [3.63, 3.8) is 0 Å². The van der Waals surface area contributed by atoms with Gasteiger partial charge in [0.2, 0.25) is 5.91 Å². The molecule has 2 aromatic heterocycles. The summed E-state index contributed by atoms with van der Waals surface area (Å²) < 4.78 is 3.97. The number of benzene rings is 1. The summed E-state index contributed by atoms with van der Waals surface area (Å²) in [7, 11) is 0. The van der Waals surface area contributed by atoms with Gasteiger partial charge in [0.15, 0.2) is 0 Å². The van der Waals surface area contributed by atoms with Crippen LogP contribution in [-0.2, 0) is 17.9 Å². The fourth-order valence-electron chi connectivity index (χ4n) is 3.99. The van der Waals surface area contributed by atoms with Gasteiger partial charge in [0, 0.05) is 48.6 Å². The molecule has 1 N–H and O–H groups in total. The van der Waals surface area contributed by atoms with Crippen molar-refractivity contribution in [2.24, 2.45) is 0 Å². The number of amides is 1. The summed E-state index contributed by atoms with van der Waals surface area (Å²) >= 11 is 0. The van der Waals surface area contributed by atoms with Gasteiger partial charge in [-0.1, -0.05) is 0 Å². The van der Waals surface area contributed by atoms with Gasteiger partial charge in [0.25, 0.3) is 0 Å². The number of carbonyl (C=O) groups is 1. The van der Waals surface area contributed by atoms with E-state index in [1.807, 2.05) is 53.6 Å². The second-order valence-electron chi connectivity index (χ2n) is 7.60. The lowest BCUT2D eigenvalue weighted by Crippen LogP contribution is -2.39. The third kappa shape index (κ3) is 4.10. The van der Waals surface area contributed by atoms with Gasteiger partial charge in [-0.05, 0) is 64.4 Å². The van der Waals surface area contributed by atoms with Crippen LogP contribution in [0.25, 0.3) is 5.69 Å². The van der Waals surface area contributed by atoms with Gasteiger partial charge in [-0.25, -0.2) is 4.98 Å². The minimum atomic E-state index is -0.102. The Hall–Kier alpha value is -2.93. The Kier molecular flexibility index (Phi) is 5.49. The van der Waals surface area contributed by atoms with Crippen molar-refractivity contribution in [2.45, 2.75) is 52.7 Å². The molecule has 4 rings (SSSR count). The van der Waals surface area contributed by atoms with E-state index in [0.717, 1.165) is 55.4 Å². The Morgan fingerprint density at radius 3 is 2.69 bits per heavy atom. The first kappa shape index (κ1) is 19.4. The van der Waals surface area contributed by atoms with Crippen LogP contribution >= 0.6 is 0 Å². The highest BCUT2D eigenvalue weighted by Gasteiger charge is 2.31. The average Bonchev–Trinajstić information content (AvgIpc) is 3.43. The van der Waals surface area contributed by atoms with E-state index in [2.05, 4.69) is 33.4 Å². The number of aromatic nitrogens is 4. The van der Waals surface area contributed by atoms with Gasteiger partial charge in [-0.2, -0.15) is 5.10 Å². The van der Waals surface area contributed by atoms with Crippen molar-refractivity contribution >= 4 is 11.6 Å². The lowest BCUT2D eigenvalue weighted by Gasteiger charge is -2.23. The molecule has 3 aromatic rings. The summed E-state index contributed by atoms with van der Waals surface area (Å²) in [5.41, 5.74) is 4.09. The van der Waals surface area contributed by atoms with E-state index in [9.17, 15) is 4.79 Å². The molecule has 0 radical (unpaired) electrons. The van der Waals surface area contributed by atoms with Crippen LogP contribution in [0.3, 0.4) is 0 Å². The number of hydrogen-bond acceptors (Lipinski definition) is 4. The minimum Gasteiger partial charge on any atom is -0.325 e. The average molecular weight is 393 g/mol. The Morgan fingerprint density at radius 2 is 2.03 bits per heavy atom. The molecular formula is C22H28N6O. The van der Waals surface area contributed by atoms with Crippen LogP contribution in [0.2, 0.25) is 0 Å². The third-order valence-corrected chi connectivity index (χ3v) is 5.65. The number of hydrogen-bond donors (Lipinski definition) is 1. The van der Waals surface area contributed by atoms with Crippen molar-refractivity contribution < 1.29 is 4.79 Å². The summed E-state index contributed by atoms with van der Waals surface area (Å²) in [6.45, 7) is 8.66. The number of carbonyl (C=O) groups excluding carboxylic acids is 1. The molecule has 0 bridgehead atoms. The topological polar surface area (TPSA) is 68.0 Å². The van der Waals surface area contributed by atoms with E-state index in [1.165, 1.54) is 5.56 Å². The molecule has 7 nitrogen and oxygen atoms in total. The van der Waals surface area contributed by atoms with E-state index < -0.39 is 0 Å². The lowest BCUT2D eigenvalue weighted by molar-refractivity contribution is -0.120. The Balaban J connectivity index is 1.42. The largest absolute Gasteiger partial charge is 0.325 e. The predicted molar refractivity (Wildman–Crippen MR) is 113 cm³/mol. The first-order valence-corrected chi connectivity index (χ1v) is 10.2. The molecule has 1 fully saturated rings. The SMILES string of the molecule is CCn1cc(CN2CCC[C@H]2C(=O)Nc2ccc(-n3ccnc3C)cc2)c(C)n1. The van der Waals surface area contributed by atoms with Gasteiger partial charge >= 0.3 is 0 Å². The highest BCUT2D eigenvalue weighted by Crippen LogP contribution is 2.23. The molecule has 152 valence electrons. The summed E-state index contributed by atoms with van der Waals surface area (Å²) in [6.07, 6.45) is 7.74. The van der Waals surface area contributed by atoms with Gasteiger partial charge < -0.3 is 9.88 Å². The van der Waals surface area contributed by atoms with E-state index in [1.54, 1.807) is 6.20 Å². The zero-order valence-electron chi connectivity index (χ0n) is 17.3. The van der Waals surface area contributed by atoms with Gasteiger partial charge in [-0.15, -0.1) is 0 Å². The fraction of sp³-hybridized carbons (Fsp3) is 0.409. The van der Waals surface area contributed by atoms with Crippen LogP contribution in [0, 0.1) is 13.8 Å². The molecule has 29 heavy (non-hydrogen) atoms. The fourth-order valence-corrected chi connectivity index (χ4v) is 3.99. The summed E-state index contributed by atoms with van der Waals surface area (Å²) in [4.78, 5) is 19.5. The second-order valence-corrected chi connectivity index (χ2v) is 7.60. The zero-order chi connectivity index (χ0) is 20.4. The first-order valence-electron chi connectivity index (χ1n) is 10.2. The monoisotopic (exact) mass is 392 g/mol. The van der Waals surface area contributed by atoms with Crippen LogP contribution < -0.4 is 5.32 Å². The number of anilines is 1. The van der Waals surface area contributed by atoms with Crippen LogP contribution in [-0.4, -0.2) is 42.7 Å². The number of aryl methyl sites for hydroxylation is 3. The molecule has 1 saturated heterocycles. The van der Waals surface area contributed by atoms with Crippen LogP contribution in [0.15, 0.2) is 42.9 Å². The third-order valence-electron chi connectivity index (χ3n) is 5.65. The van der Waals surface area contributed by atoms with E-state index >= 15 is 0 Å². The Bertz CT molecular complexity index is 987. The molecule has 0 aliphatic carbocycles. The lowest BCUT2D eigenvalue weighted by atomic mass is 10.1. The highest BCUT2D eigenvalue weighted by molar-refractivity contribution is 5.95. The summed E-state index contributed by atoms with van der Waals surface area (Å²) in [5, 5.41) is 7.62. The normalized spacial score (nSPS) is 17.0. The molecule has 1 atom stereocenters. The smallest absolute Gasteiger partial charge is 0.241 e. The maximum atomic E-state index is 12.9. The van der Waals surface area contributed by atoms with E-state index in [-0.39, 0.29) is 11.9 Å². The molecule has 1 aromatic carbocycles. The van der Waals surface area contributed by atoms with Crippen LogP contribution in [0.5, 0.6) is 0 Å². The zero-order valence-corrected chi connectivity index (χ0v) is 17.3. The maximum Gasteiger partial charge on any atom is 0.241 e. The number of rotatable bonds is 6. The molecule has 3 heterocycles. The maximum absolute atomic E-state index is 12.9. The molecule has 0 unspecified atom stereocenters. The van der Waals surface area contributed by atoms with Crippen molar-refractivity contribution in [1.82, 2.24) is 24.2 Å². The number of imidazole rings is 1. The molecule has 0 spiro atoms. The van der Waals surface area contributed by atoms with Crippen LogP contribution in [0.4, 0.5) is 5.69 Å². The highest BCUT2D eigenvalue weighted by atomic mass is 16.2. The molecule has 1 aliphatic rings. The molecule has 1 amide bonds. The van der Waals surface area contributed by atoms with Crippen molar-refractivity contribution in [3.05, 3.63) is 59.9 Å². The number of nitrogens with zero attached hydrogens (tertiary/aromatic N) is 5. The van der Waals surface area contributed by atoms with Crippen molar-refractivity contribution in [3.8, 4) is 5.69 Å². The second kappa shape index (κ2) is 8.21.